The van der Waals surface area contributed by atoms with Crippen LogP contribution >= 0.6 is 0 Å². The van der Waals surface area contributed by atoms with E-state index in [2.05, 4.69) is 16.0 Å². The van der Waals surface area contributed by atoms with E-state index < -0.39 is 0 Å². The number of hydrogen-bond donors (Lipinski definition) is 1. The van der Waals surface area contributed by atoms with Crippen LogP contribution in [0.25, 0.3) is 11.3 Å². The third kappa shape index (κ3) is 2.13. The lowest BCUT2D eigenvalue weighted by Crippen LogP contribution is -1.92. The maximum atomic E-state index is 8.58. The lowest BCUT2D eigenvalue weighted by Gasteiger charge is -2.05. The first kappa shape index (κ1) is 11.6. The van der Waals surface area contributed by atoms with Crippen LogP contribution in [0.1, 0.15) is 17.8 Å². The zero-order valence-corrected chi connectivity index (χ0v) is 10.6. The van der Waals surface area contributed by atoms with E-state index in [4.69, 9.17) is 14.7 Å². The number of aryl methyl sites for hydroxylation is 2. The number of fused-ring (bicyclic) bond motifs is 1. The molecule has 0 radical (unpaired) electrons. The second-order valence-corrected chi connectivity index (χ2v) is 4.42. The number of H-pyrrole nitrogens is 1. The van der Waals surface area contributed by atoms with Crippen molar-refractivity contribution in [2.24, 2.45) is 0 Å². The Kier molecular flexibility index (Phi) is 2.84. The van der Waals surface area contributed by atoms with E-state index in [0.29, 0.717) is 12.8 Å². The topological polar surface area (TPSA) is 70.9 Å². The fourth-order valence-corrected chi connectivity index (χ4v) is 2.13. The SMILES string of the molecule is Cc1cc2c(cc1-c1cnc(CCC#N)[nH]1)OCO2. The lowest BCUT2D eigenvalue weighted by molar-refractivity contribution is 0.174. The molecule has 0 atom stereocenters. The van der Waals surface area contributed by atoms with Crippen molar-refractivity contribution in [1.29, 1.82) is 5.26 Å². The van der Waals surface area contributed by atoms with Crippen LogP contribution in [0.5, 0.6) is 11.5 Å². The normalized spacial score (nSPS) is 12.4. The number of aromatic amines is 1. The molecule has 1 aromatic carbocycles. The van der Waals surface area contributed by atoms with Crippen molar-refractivity contribution in [3.63, 3.8) is 0 Å². The summed E-state index contributed by atoms with van der Waals surface area (Å²) in [6, 6.07) is 6.04. The molecular formula is C14H13N3O2. The Morgan fingerprint density at radius 1 is 1.37 bits per heavy atom. The second kappa shape index (κ2) is 4.65. The van der Waals surface area contributed by atoms with Gasteiger partial charge in [0.1, 0.15) is 5.82 Å². The van der Waals surface area contributed by atoms with E-state index >= 15 is 0 Å². The third-order valence-electron chi connectivity index (χ3n) is 3.11. The van der Waals surface area contributed by atoms with Gasteiger partial charge in [0.05, 0.1) is 18.0 Å². The predicted octanol–water partition coefficient (Wildman–Crippen LogP) is 2.57. The zero-order valence-electron chi connectivity index (χ0n) is 10.6. The minimum Gasteiger partial charge on any atom is -0.454 e. The molecule has 1 aliphatic rings. The van der Waals surface area contributed by atoms with E-state index in [1.807, 2.05) is 19.1 Å². The highest BCUT2D eigenvalue weighted by Gasteiger charge is 2.17. The van der Waals surface area contributed by atoms with Crippen LogP contribution in [0.4, 0.5) is 0 Å². The predicted molar refractivity (Wildman–Crippen MR) is 68.8 cm³/mol. The van der Waals surface area contributed by atoms with Crippen molar-refractivity contribution < 1.29 is 9.47 Å². The summed E-state index contributed by atoms with van der Waals surface area (Å²) >= 11 is 0. The fraction of sp³-hybridized carbons (Fsp3) is 0.286. The molecule has 0 aliphatic carbocycles. The van der Waals surface area contributed by atoms with E-state index in [1.165, 1.54) is 0 Å². The third-order valence-corrected chi connectivity index (χ3v) is 3.11. The maximum absolute atomic E-state index is 8.58. The number of aromatic nitrogens is 2. The fourth-order valence-electron chi connectivity index (χ4n) is 2.13. The van der Waals surface area contributed by atoms with Gasteiger partial charge in [0.2, 0.25) is 6.79 Å². The summed E-state index contributed by atoms with van der Waals surface area (Å²) in [6.07, 6.45) is 2.89. The quantitative estimate of drug-likeness (QED) is 0.915. The first-order valence-corrected chi connectivity index (χ1v) is 6.09. The molecule has 0 saturated carbocycles. The van der Waals surface area contributed by atoms with Gasteiger partial charge in [-0.05, 0) is 24.6 Å². The summed E-state index contributed by atoms with van der Waals surface area (Å²) in [5, 5.41) is 8.58. The molecule has 2 heterocycles. The Labute approximate surface area is 110 Å². The number of hydrogen-bond acceptors (Lipinski definition) is 4. The summed E-state index contributed by atoms with van der Waals surface area (Å²) in [7, 11) is 0. The van der Waals surface area contributed by atoms with Crippen LogP contribution in [0, 0.1) is 18.3 Å². The first-order valence-electron chi connectivity index (χ1n) is 6.09. The Bertz CT molecular complexity index is 655. The number of imidazole rings is 1. The molecule has 5 nitrogen and oxygen atoms in total. The molecule has 3 rings (SSSR count). The number of nitrogens with one attached hydrogen (secondary N) is 1. The van der Waals surface area contributed by atoms with Crippen molar-refractivity contribution in [3.8, 4) is 28.8 Å². The Morgan fingerprint density at radius 2 is 2.16 bits per heavy atom. The van der Waals surface area contributed by atoms with Gasteiger partial charge >= 0.3 is 0 Å². The van der Waals surface area contributed by atoms with Crippen LogP contribution < -0.4 is 9.47 Å². The monoisotopic (exact) mass is 255 g/mol. The highest BCUT2D eigenvalue weighted by Crippen LogP contribution is 2.37. The second-order valence-electron chi connectivity index (χ2n) is 4.42. The molecule has 5 heteroatoms. The molecule has 1 N–H and O–H groups in total. The molecule has 0 saturated heterocycles. The number of nitriles is 1. The van der Waals surface area contributed by atoms with Gasteiger partial charge in [0.15, 0.2) is 11.5 Å². The minimum atomic E-state index is 0.272. The smallest absolute Gasteiger partial charge is 0.231 e. The van der Waals surface area contributed by atoms with Crippen LogP contribution in [0.2, 0.25) is 0 Å². The lowest BCUT2D eigenvalue weighted by atomic mass is 10.1. The molecule has 19 heavy (non-hydrogen) atoms. The number of rotatable bonds is 3. The van der Waals surface area contributed by atoms with Gasteiger partial charge < -0.3 is 14.5 Å². The van der Waals surface area contributed by atoms with E-state index in [0.717, 1.165) is 34.1 Å². The average Bonchev–Trinajstić information content (AvgIpc) is 3.03. The Hall–Kier alpha value is -2.48. The molecule has 0 spiro atoms. The number of nitrogens with zero attached hydrogens (tertiary/aromatic N) is 2. The molecule has 96 valence electrons. The molecular weight excluding hydrogens is 242 g/mol. The van der Waals surface area contributed by atoms with Gasteiger partial charge in [-0.1, -0.05) is 0 Å². The Balaban J connectivity index is 1.94. The summed E-state index contributed by atoms with van der Waals surface area (Å²) in [4.78, 5) is 7.52. The van der Waals surface area contributed by atoms with Crippen molar-refractivity contribution in [1.82, 2.24) is 9.97 Å². The summed E-state index contributed by atoms with van der Waals surface area (Å²) < 4.78 is 10.7. The van der Waals surface area contributed by atoms with Crippen molar-refractivity contribution >= 4 is 0 Å². The molecule has 0 bridgehead atoms. The molecule has 0 unspecified atom stereocenters. The van der Waals surface area contributed by atoms with Crippen molar-refractivity contribution in [2.45, 2.75) is 19.8 Å². The first-order chi connectivity index (χ1) is 9.28. The standard InChI is InChI=1S/C14H13N3O2/c1-9-5-12-13(19-8-18-12)6-10(9)11-7-16-14(17-11)3-2-4-15/h5-7H,2-3,8H2,1H3,(H,16,17). The molecule has 2 aromatic rings. The Morgan fingerprint density at radius 3 is 2.95 bits per heavy atom. The van der Waals surface area contributed by atoms with Gasteiger partial charge in [-0.15, -0.1) is 0 Å². The molecule has 1 aromatic heterocycles. The minimum absolute atomic E-state index is 0.272. The van der Waals surface area contributed by atoms with Crippen LogP contribution in [0.3, 0.4) is 0 Å². The highest BCUT2D eigenvalue weighted by atomic mass is 16.7. The average molecular weight is 255 g/mol. The molecule has 1 aliphatic heterocycles. The van der Waals surface area contributed by atoms with Gasteiger partial charge in [0.25, 0.3) is 0 Å². The number of ether oxygens (including phenoxy) is 2. The maximum Gasteiger partial charge on any atom is 0.231 e. The molecule has 0 amide bonds. The van der Waals surface area contributed by atoms with E-state index in [1.54, 1.807) is 6.20 Å². The van der Waals surface area contributed by atoms with Crippen LogP contribution in [-0.4, -0.2) is 16.8 Å². The van der Waals surface area contributed by atoms with E-state index in [-0.39, 0.29) is 6.79 Å². The van der Waals surface area contributed by atoms with E-state index in [9.17, 15) is 0 Å². The van der Waals surface area contributed by atoms with Crippen molar-refractivity contribution in [2.75, 3.05) is 6.79 Å². The summed E-state index contributed by atoms with van der Waals surface area (Å²) in [5.74, 6) is 2.37. The number of benzene rings is 1. The van der Waals surface area contributed by atoms with Gasteiger partial charge in [-0.3, -0.25) is 0 Å². The summed E-state index contributed by atoms with van der Waals surface area (Å²) in [5.41, 5.74) is 3.07. The van der Waals surface area contributed by atoms with Crippen LogP contribution in [-0.2, 0) is 6.42 Å². The van der Waals surface area contributed by atoms with Crippen LogP contribution in [0.15, 0.2) is 18.3 Å². The van der Waals surface area contributed by atoms with Gasteiger partial charge in [-0.25, -0.2) is 4.98 Å². The van der Waals surface area contributed by atoms with Gasteiger partial charge in [0, 0.05) is 18.4 Å². The van der Waals surface area contributed by atoms with Gasteiger partial charge in [-0.2, -0.15) is 5.26 Å². The molecule has 0 fully saturated rings. The largest absolute Gasteiger partial charge is 0.454 e. The summed E-state index contributed by atoms with van der Waals surface area (Å²) in [6.45, 7) is 2.29. The van der Waals surface area contributed by atoms with Crippen molar-refractivity contribution in [3.05, 3.63) is 29.7 Å². The zero-order chi connectivity index (χ0) is 13.2. The highest BCUT2D eigenvalue weighted by molar-refractivity contribution is 5.68.